The number of nitrogens with zero attached hydrogens (tertiary/aromatic N) is 4. The maximum absolute atomic E-state index is 12.6. The lowest BCUT2D eigenvalue weighted by Crippen LogP contribution is -2.17. The summed E-state index contributed by atoms with van der Waals surface area (Å²) in [5, 5.41) is 14.1. The number of aromatic nitrogens is 4. The van der Waals surface area contributed by atoms with E-state index in [9.17, 15) is 4.79 Å². The summed E-state index contributed by atoms with van der Waals surface area (Å²) in [6.07, 6.45) is 1.45. The third-order valence-corrected chi connectivity index (χ3v) is 3.91. The van der Waals surface area contributed by atoms with Crippen molar-refractivity contribution in [1.82, 2.24) is 20.2 Å². The minimum atomic E-state index is -0.312. The van der Waals surface area contributed by atoms with Gasteiger partial charge in [-0.15, -0.1) is 5.10 Å². The van der Waals surface area contributed by atoms with E-state index in [-0.39, 0.29) is 5.91 Å². The van der Waals surface area contributed by atoms with Gasteiger partial charge >= 0.3 is 0 Å². The summed E-state index contributed by atoms with van der Waals surface area (Å²) in [6.45, 7) is 0.926. The van der Waals surface area contributed by atoms with Crippen LogP contribution in [0.25, 0.3) is 5.69 Å². The quantitative estimate of drug-likeness (QED) is 0.773. The van der Waals surface area contributed by atoms with Gasteiger partial charge in [0, 0.05) is 17.7 Å². The molecule has 9 heteroatoms. The SMILES string of the molecule is O=C(Nc1cc2c(cc1Cl)OCCO2)c1cccc(-n2cnnn2)c1. The number of amides is 1. The molecule has 8 nitrogen and oxygen atoms in total. The van der Waals surface area contributed by atoms with Crippen molar-refractivity contribution in [3.8, 4) is 17.2 Å². The lowest BCUT2D eigenvalue weighted by molar-refractivity contribution is 0.102. The van der Waals surface area contributed by atoms with E-state index >= 15 is 0 Å². The molecule has 1 aromatic heterocycles. The molecule has 1 aliphatic heterocycles. The minimum absolute atomic E-state index is 0.312. The van der Waals surface area contributed by atoms with Gasteiger partial charge in [0.25, 0.3) is 5.91 Å². The van der Waals surface area contributed by atoms with Gasteiger partial charge in [0.05, 0.1) is 16.4 Å². The largest absolute Gasteiger partial charge is 0.486 e. The summed E-state index contributed by atoms with van der Waals surface area (Å²) in [5.41, 5.74) is 1.56. The summed E-state index contributed by atoms with van der Waals surface area (Å²) in [7, 11) is 0. The maximum atomic E-state index is 12.6. The molecular weight excluding hydrogens is 346 g/mol. The number of rotatable bonds is 3. The van der Waals surface area contributed by atoms with Crippen LogP contribution in [0.5, 0.6) is 11.5 Å². The van der Waals surface area contributed by atoms with E-state index in [0.29, 0.717) is 46.7 Å². The van der Waals surface area contributed by atoms with E-state index in [4.69, 9.17) is 21.1 Å². The van der Waals surface area contributed by atoms with Crippen LogP contribution in [-0.4, -0.2) is 39.3 Å². The standard InChI is InChI=1S/C16H12ClN5O3/c17-12-7-14-15(25-5-4-24-14)8-13(12)19-16(23)10-2-1-3-11(6-10)22-9-18-20-21-22/h1-3,6-9H,4-5H2,(H,19,23). The van der Waals surface area contributed by atoms with Crippen LogP contribution in [0.4, 0.5) is 5.69 Å². The average Bonchev–Trinajstić information content (AvgIpc) is 3.17. The van der Waals surface area contributed by atoms with Crippen molar-refractivity contribution in [2.24, 2.45) is 0 Å². The zero-order valence-electron chi connectivity index (χ0n) is 12.8. The predicted octanol–water partition coefficient (Wildman–Crippen LogP) is 2.34. The topological polar surface area (TPSA) is 91.2 Å². The molecule has 1 N–H and O–H groups in total. The van der Waals surface area contributed by atoms with Crippen molar-refractivity contribution in [1.29, 1.82) is 0 Å². The highest BCUT2D eigenvalue weighted by atomic mass is 35.5. The normalized spacial score (nSPS) is 12.7. The van der Waals surface area contributed by atoms with Crippen molar-refractivity contribution >= 4 is 23.2 Å². The van der Waals surface area contributed by atoms with E-state index in [1.165, 1.54) is 11.0 Å². The number of fused-ring (bicyclic) bond motifs is 1. The Bertz CT molecular complexity index is 930. The first-order valence-electron chi connectivity index (χ1n) is 7.44. The van der Waals surface area contributed by atoms with Gasteiger partial charge in [-0.05, 0) is 28.6 Å². The Kier molecular flexibility index (Phi) is 3.95. The van der Waals surface area contributed by atoms with E-state index in [2.05, 4.69) is 20.8 Å². The zero-order chi connectivity index (χ0) is 17.2. The Morgan fingerprint density at radius 2 is 1.96 bits per heavy atom. The second-order valence-corrected chi connectivity index (χ2v) is 5.64. The number of hydrogen-bond acceptors (Lipinski definition) is 6. The summed E-state index contributed by atoms with van der Waals surface area (Å²) < 4.78 is 12.4. The average molecular weight is 358 g/mol. The fraction of sp³-hybridized carbons (Fsp3) is 0.125. The van der Waals surface area contributed by atoms with Gasteiger partial charge in [0.2, 0.25) is 0 Å². The molecule has 4 rings (SSSR count). The first kappa shape index (κ1) is 15.4. The Morgan fingerprint density at radius 1 is 1.16 bits per heavy atom. The summed E-state index contributed by atoms with van der Waals surface area (Å²) >= 11 is 6.22. The first-order chi connectivity index (χ1) is 12.2. The maximum Gasteiger partial charge on any atom is 0.255 e. The lowest BCUT2D eigenvalue weighted by Gasteiger charge is -2.20. The van der Waals surface area contributed by atoms with Crippen LogP contribution >= 0.6 is 11.6 Å². The zero-order valence-corrected chi connectivity index (χ0v) is 13.6. The molecule has 1 amide bonds. The van der Waals surface area contributed by atoms with Crippen molar-refractivity contribution in [2.75, 3.05) is 18.5 Å². The van der Waals surface area contributed by atoms with E-state index < -0.39 is 0 Å². The highest BCUT2D eigenvalue weighted by molar-refractivity contribution is 6.34. The fourth-order valence-electron chi connectivity index (χ4n) is 2.42. The van der Waals surface area contributed by atoms with Gasteiger partial charge in [-0.1, -0.05) is 17.7 Å². The van der Waals surface area contributed by atoms with Crippen molar-refractivity contribution in [3.05, 3.63) is 53.3 Å². The Hall–Kier alpha value is -3.13. The number of ether oxygens (including phenoxy) is 2. The summed E-state index contributed by atoms with van der Waals surface area (Å²) in [4.78, 5) is 12.6. The molecule has 2 heterocycles. The van der Waals surface area contributed by atoms with Crippen LogP contribution in [0.1, 0.15) is 10.4 Å². The monoisotopic (exact) mass is 357 g/mol. The first-order valence-corrected chi connectivity index (χ1v) is 7.82. The molecule has 25 heavy (non-hydrogen) atoms. The van der Waals surface area contributed by atoms with E-state index in [1.807, 2.05) is 0 Å². The molecule has 0 fully saturated rings. The molecule has 3 aromatic rings. The smallest absolute Gasteiger partial charge is 0.255 e. The molecule has 0 unspecified atom stereocenters. The molecule has 0 aliphatic carbocycles. The molecule has 0 radical (unpaired) electrons. The second-order valence-electron chi connectivity index (χ2n) is 5.23. The Labute approximate surface area is 147 Å². The minimum Gasteiger partial charge on any atom is -0.486 e. The highest BCUT2D eigenvalue weighted by Gasteiger charge is 2.17. The van der Waals surface area contributed by atoms with Crippen LogP contribution in [0.2, 0.25) is 5.02 Å². The Morgan fingerprint density at radius 3 is 2.72 bits per heavy atom. The number of hydrogen-bond donors (Lipinski definition) is 1. The van der Waals surface area contributed by atoms with Crippen molar-refractivity contribution in [3.63, 3.8) is 0 Å². The van der Waals surface area contributed by atoms with E-state index in [0.717, 1.165) is 0 Å². The molecule has 0 atom stereocenters. The third kappa shape index (κ3) is 3.11. The van der Waals surface area contributed by atoms with E-state index in [1.54, 1.807) is 36.4 Å². The number of tetrazole rings is 1. The molecular formula is C16H12ClN5O3. The van der Waals surface area contributed by atoms with Gasteiger partial charge in [0.1, 0.15) is 19.5 Å². The highest BCUT2D eigenvalue weighted by Crippen LogP contribution is 2.38. The lowest BCUT2D eigenvalue weighted by atomic mass is 10.1. The summed E-state index contributed by atoms with van der Waals surface area (Å²) in [5.74, 6) is 0.803. The van der Waals surface area contributed by atoms with Crippen LogP contribution < -0.4 is 14.8 Å². The second kappa shape index (κ2) is 6.40. The molecule has 0 spiro atoms. The number of anilines is 1. The van der Waals surface area contributed by atoms with Crippen LogP contribution in [-0.2, 0) is 0 Å². The van der Waals surface area contributed by atoms with Crippen molar-refractivity contribution in [2.45, 2.75) is 0 Å². The summed E-state index contributed by atoms with van der Waals surface area (Å²) in [6, 6.07) is 10.2. The van der Waals surface area contributed by atoms with Crippen molar-refractivity contribution < 1.29 is 14.3 Å². The molecule has 0 saturated heterocycles. The number of carbonyl (C=O) groups is 1. The van der Waals surface area contributed by atoms with Crippen LogP contribution in [0.3, 0.4) is 0 Å². The van der Waals surface area contributed by atoms with Crippen LogP contribution in [0, 0.1) is 0 Å². The molecule has 0 saturated carbocycles. The molecule has 126 valence electrons. The molecule has 2 aromatic carbocycles. The molecule has 1 aliphatic rings. The number of nitrogens with one attached hydrogen (secondary N) is 1. The number of carbonyl (C=O) groups excluding carboxylic acids is 1. The number of halogens is 1. The fourth-order valence-corrected chi connectivity index (χ4v) is 2.62. The van der Waals surface area contributed by atoms with Gasteiger partial charge in [-0.25, -0.2) is 4.68 Å². The number of benzene rings is 2. The molecule has 0 bridgehead atoms. The Balaban J connectivity index is 1.59. The van der Waals surface area contributed by atoms with Gasteiger partial charge in [0.15, 0.2) is 11.5 Å². The van der Waals surface area contributed by atoms with Gasteiger partial charge < -0.3 is 14.8 Å². The van der Waals surface area contributed by atoms with Crippen LogP contribution in [0.15, 0.2) is 42.7 Å². The van der Waals surface area contributed by atoms with Gasteiger partial charge in [-0.2, -0.15) is 0 Å². The van der Waals surface area contributed by atoms with Gasteiger partial charge in [-0.3, -0.25) is 4.79 Å². The predicted molar refractivity (Wildman–Crippen MR) is 89.5 cm³/mol. The third-order valence-electron chi connectivity index (χ3n) is 3.60.